The summed E-state index contributed by atoms with van der Waals surface area (Å²) >= 11 is 4.76. The fourth-order valence-electron chi connectivity index (χ4n) is 1.36. The molecule has 0 saturated heterocycles. The largest absolute Gasteiger partial charge is 0.444 e. The smallest absolute Gasteiger partial charge is 0.412 e. The summed E-state index contributed by atoms with van der Waals surface area (Å²) < 4.78 is 6.05. The maximum absolute atomic E-state index is 11.8. The molecule has 6 heteroatoms. The standard InChI is InChI=1S/C15H19BrN2O2S/c1-5-10(16)6-7-11(17)13-12(8-9-21-13)18-14(19)20-15(2,3)4/h5-9H,1,17H2,2-4H3,(H,18,19)/b10-6+,11-7-. The van der Waals surface area contributed by atoms with Gasteiger partial charge in [-0.1, -0.05) is 28.6 Å². The molecule has 1 aromatic heterocycles. The number of halogens is 1. The van der Waals surface area contributed by atoms with Crippen molar-refractivity contribution >= 4 is 44.7 Å². The predicted octanol–water partition coefficient (Wildman–Crippen LogP) is 4.86. The van der Waals surface area contributed by atoms with E-state index in [4.69, 9.17) is 10.5 Å². The first-order chi connectivity index (χ1) is 9.73. The molecule has 0 aromatic carbocycles. The molecule has 0 fully saturated rings. The van der Waals surface area contributed by atoms with Crippen LogP contribution in [0, 0.1) is 0 Å². The summed E-state index contributed by atoms with van der Waals surface area (Å²) in [6.45, 7) is 9.07. The summed E-state index contributed by atoms with van der Waals surface area (Å²) in [5.74, 6) is 0. The Morgan fingerprint density at radius 2 is 2.14 bits per heavy atom. The molecule has 1 heterocycles. The molecule has 1 amide bonds. The lowest BCUT2D eigenvalue weighted by Gasteiger charge is -2.19. The van der Waals surface area contributed by atoms with Crippen molar-refractivity contribution in [2.75, 3.05) is 5.32 Å². The van der Waals surface area contributed by atoms with Gasteiger partial charge in [-0.15, -0.1) is 11.3 Å². The van der Waals surface area contributed by atoms with Crippen molar-refractivity contribution in [3.8, 4) is 0 Å². The minimum Gasteiger partial charge on any atom is -0.444 e. The first-order valence-corrected chi connectivity index (χ1v) is 7.93. The van der Waals surface area contributed by atoms with Gasteiger partial charge in [0.25, 0.3) is 0 Å². The zero-order valence-electron chi connectivity index (χ0n) is 12.3. The number of thiophene rings is 1. The fraction of sp³-hybridized carbons (Fsp3) is 0.267. The Morgan fingerprint density at radius 1 is 1.48 bits per heavy atom. The third-order valence-electron chi connectivity index (χ3n) is 2.18. The molecule has 1 aromatic rings. The van der Waals surface area contributed by atoms with Crippen LogP contribution in [0.25, 0.3) is 5.70 Å². The monoisotopic (exact) mass is 370 g/mol. The second kappa shape index (κ2) is 7.47. The predicted molar refractivity (Wildman–Crippen MR) is 93.5 cm³/mol. The number of carbonyl (C=O) groups is 1. The Labute approximate surface area is 137 Å². The van der Waals surface area contributed by atoms with E-state index in [0.717, 1.165) is 9.36 Å². The summed E-state index contributed by atoms with van der Waals surface area (Å²) in [7, 11) is 0. The summed E-state index contributed by atoms with van der Waals surface area (Å²) in [5.41, 5.74) is 6.66. The van der Waals surface area contributed by atoms with Crippen LogP contribution < -0.4 is 11.1 Å². The summed E-state index contributed by atoms with van der Waals surface area (Å²) in [6, 6.07) is 1.79. The van der Waals surface area contributed by atoms with Crippen molar-refractivity contribution in [3.05, 3.63) is 45.6 Å². The number of hydrogen-bond donors (Lipinski definition) is 2. The van der Waals surface area contributed by atoms with Crippen LogP contribution >= 0.6 is 27.3 Å². The Kier molecular flexibility index (Phi) is 6.23. The molecular formula is C15H19BrN2O2S. The highest BCUT2D eigenvalue weighted by molar-refractivity contribution is 9.11. The summed E-state index contributed by atoms with van der Waals surface area (Å²) in [4.78, 5) is 12.6. The maximum Gasteiger partial charge on any atom is 0.412 e. The molecule has 0 aliphatic rings. The second-order valence-corrected chi connectivity index (χ2v) is 7.00. The molecule has 0 bridgehead atoms. The van der Waals surface area contributed by atoms with E-state index < -0.39 is 11.7 Å². The van der Waals surface area contributed by atoms with Crippen molar-refractivity contribution in [2.45, 2.75) is 26.4 Å². The zero-order chi connectivity index (χ0) is 16.0. The van der Waals surface area contributed by atoms with Gasteiger partial charge in [-0.05, 0) is 44.4 Å². The van der Waals surface area contributed by atoms with Crippen LogP contribution in [-0.2, 0) is 4.74 Å². The van der Waals surface area contributed by atoms with Gasteiger partial charge < -0.3 is 10.5 Å². The van der Waals surface area contributed by atoms with Crippen molar-refractivity contribution in [1.82, 2.24) is 0 Å². The average Bonchev–Trinajstić information content (AvgIpc) is 2.81. The lowest BCUT2D eigenvalue weighted by molar-refractivity contribution is 0.0636. The Morgan fingerprint density at radius 3 is 2.71 bits per heavy atom. The molecule has 0 radical (unpaired) electrons. The average molecular weight is 371 g/mol. The number of amides is 1. The normalized spacial score (nSPS) is 13.0. The van der Waals surface area contributed by atoms with E-state index in [2.05, 4.69) is 27.8 Å². The van der Waals surface area contributed by atoms with Crippen molar-refractivity contribution in [2.24, 2.45) is 5.73 Å². The van der Waals surface area contributed by atoms with Crippen LogP contribution in [0.3, 0.4) is 0 Å². The Hall–Kier alpha value is -1.53. The van der Waals surface area contributed by atoms with Crippen molar-refractivity contribution in [1.29, 1.82) is 0 Å². The van der Waals surface area contributed by atoms with Crippen LogP contribution in [0.5, 0.6) is 0 Å². The molecule has 0 aliphatic heterocycles. The lowest BCUT2D eigenvalue weighted by Crippen LogP contribution is -2.27. The van der Waals surface area contributed by atoms with Crippen molar-refractivity contribution < 1.29 is 9.53 Å². The number of anilines is 1. The molecule has 1 rings (SSSR count). The van der Waals surface area contributed by atoms with Gasteiger partial charge >= 0.3 is 6.09 Å². The van der Waals surface area contributed by atoms with Gasteiger partial charge in [0.2, 0.25) is 0 Å². The van der Waals surface area contributed by atoms with Gasteiger partial charge in [-0.25, -0.2) is 4.79 Å². The molecule has 0 saturated carbocycles. The molecule has 0 atom stereocenters. The van der Waals surface area contributed by atoms with Gasteiger partial charge in [0.05, 0.1) is 16.3 Å². The summed E-state index contributed by atoms with van der Waals surface area (Å²) in [6.07, 6.45) is 4.70. The van der Waals surface area contributed by atoms with Crippen molar-refractivity contribution in [3.63, 3.8) is 0 Å². The van der Waals surface area contributed by atoms with E-state index in [0.29, 0.717) is 11.4 Å². The molecule has 114 valence electrons. The second-order valence-electron chi connectivity index (χ2n) is 5.17. The number of nitrogens with one attached hydrogen (secondary N) is 1. The molecule has 4 nitrogen and oxygen atoms in total. The third kappa shape index (κ3) is 6.18. The van der Waals surface area contributed by atoms with Crippen LogP contribution in [-0.4, -0.2) is 11.7 Å². The Bertz CT molecular complexity index is 583. The summed E-state index contributed by atoms with van der Waals surface area (Å²) in [5, 5.41) is 4.56. The molecule has 3 N–H and O–H groups in total. The number of rotatable bonds is 4. The van der Waals surface area contributed by atoms with Crippen LogP contribution in [0.15, 0.2) is 40.7 Å². The van der Waals surface area contributed by atoms with E-state index in [1.54, 1.807) is 24.3 Å². The van der Waals surface area contributed by atoms with Gasteiger partial charge in [0.15, 0.2) is 0 Å². The van der Waals surface area contributed by atoms with Crippen LogP contribution in [0.4, 0.5) is 10.5 Å². The van der Waals surface area contributed by atoms with E-state index >= 15 is 0 Å². The van der Waals surface area contributed by atoms with E-state index in [1.807, 2.05) is 26.2 Å². The first kappa shape index (κ1) is 17.5. The van der Waals surface area contributed by atoms with Gasteiger partial charge in [0, 0.05) is 4.48 Å². The topological polar surface area (TPSA) is 64.3 Å². The highest BCUT2D eigenvalue weighted by atomic mass is 79.9. The number of allylic oxidation sites excluding steroid dienone is 4. The molecular weight excluding hydrogens is 352 g/mol. The number of nitrogens with two attached hydrogens (primary N) is 1. The highest BCUT2D eigenvalue weighted by Crippen LogP contribution is 2.28. The fourth-order valence-corrected chi connectivity index (χ4v) is 2.28. The quantitative estimate of drug-likeness (QED) is 0.743. The molecule has 0 aliphatic carbocycles. The van der Waals surface area contributed by atoms with E-state index in [-0.39, 0.29) is 0 Å². The minimum absolute atomic E-state index is 0.502. The molecule has 0 spiro atoms. The van der Waals surface area contributed by atoms with E-state index in [9.17, 15) is 4.79 Å². The number of ether oxygens (including phenoxy) is 1. The molecule has 21 heavy (non-hydrogen) atoms. The number of carbonyl (C=O) groups excluding carboxylic acids is 1. The minimum atomic E-state index is -0.542. The first-order valence-electron chi connectivity index (χ1n) is 6.26. The van der Waals surface area contributed by atoms with Gasteiger partial charge in [0.1, 0.15) is 5.60 Å². The molecule has 0 unspecified atom stereocenters. The SMILES string of the molecule is C=C/C(Br)=C\C=C(/N)c1sccc1NC(=O)OC(C)(C)C. The lowest BCUT2D eigenvalue weighted by atomic mass is 10.2. The third-order valence-corrected chi connectivity index (χ3v) is 3.73. The van der Waals surface area contributed by atoms with E-state index in [1.165, 1.54) is 11.3 Å². The highest BCUT2D eigenvalue weighted by Gasteiger charge is 2.18. The van der Waals surface area contributed by atoms with Gasteiger partial charge in [-0.3, -0.25) is 5.32 Å². The zero-order valence-corrected chi connectivity index (χ0v) is 14.7. The maximum atomic E-state index is 11.8. The van der Waals surface area contributed by atoms with Gasteiger partial charge in [-0.2, -0.15) is 0 Å². The number of hydrogen-bond acceptors (Lipinski definition) is 4. The van der Waals surface area contributed by atoms with Crippen LogP contribution in [0.1, 0.15) is 25.6 Å². The Balaban J connectivity index is 2.87. The van der Waals surface area contributed by atoms with Crippen LogP contribution in [0.2, 0.25) is 0 Å².